The molecular formula is C18H17N7O3. The number of benzene rings is 1. The quantitative estimate of drug-likeness (QED) is 0.463. The number of carbonyl (C=O) groups excluding carboxylic acids is 1. The molecule has 0 fully saturated rings. The zero-order valence-electron chi connectivity index (χ0n) is 15.3. The van der Waals surface area contributed by atoms with Gasteiger partial charge in [-0.3, -0.25) is 18.6 Å². The van der Waals surface area contributed by atoms with E-state index in [0.717, 1.165) is 0 Å². The van der Waals surface area contributed by atoms with Crippen molar-refractivity contribution in [3.63, 3.8) is 0 Å². The molecule has 4 aromatic rings. The van der Waals surface area contributed by atoms with Crippen LogP contribution in [-0.2, 0) is 23.2 Å². The minimum absolute atomic E-state index is 0.0139. The van der Waals surface area contributed by atoms with Crippen molar-refractivity contribution in [2.24, 2.45) is 7.05 Å². The van der Waals surface area contributed by atoms with Crippen molar-refractivity contribution in [3.05, 3.63) is 58.9 Å². The first-order chi connectivity index (χ1) is 13.6. The maximum absolute atomic E-state index is 12.5. The lowest BCUT2D eigenvalue weighted by Gasteiger charge is -2.15. The number of fused-ring (bicyclic) bond motifs is 3. The molecular weight excluding hydrogens is 362 g/mol. The highest BCUT2D eigenvalue weighted by Gasteiger charge is 2.16. The first-order valence-electron chi connectivity index (χ1n) is 8.52. The monoisotopic (exact) mass is 379 g/mol. The minimum atomic E-state index is -0.458. The van der Waals surface area contributed by atoms with Gasteiger partial charge in [0.05, 0.1) is 10.9 Å². The van der Waals surface area contributed by atoms with Gasteiger partial charge in [-0.2, -0.15) is 0 Å². The number of hydrogen-bond donors (Lipinski definition) is 0. The predicted molar refractivity (Wildman–Crippen MR) is 101 cm³/mol. The van der Waals surface area contributed by atoms with Crippen molar-refractivity contribution in [2.45, 2.75) is 6.61 Å². The highest BCUT2D eigenvalue weighted by atomic mass is 16.5. The number of para-hydroxylation sites is 1. The van der Waals surface area contributed by atoms with E-state index in [1.54, 1.807) is 60.1 Å². The molecule has 0 bridgehead atoms. The summed E-state index contributed by atoms with van der Waals surface area (Å²) < 4.78 is 8.49. The van der Waals surface area contributed by atoms with E-state index in [1.165, 1.54) is 4.57 Å². The van der Waals surface area contributed by atoms with Gasteiger partial charge in [-0.25, -0.2) is 9.97 Å². The lowest BCUT2D eigenvalue weighted by atomic mass is 10.2. The molecule has 0 radical (unpaired) electrons. The van der Waals surface area contributed by atoms with Gasteiger partial charge in [0.15, 0.2) is 12.4 Å². The number of hydrogen-bond acceptors (Lipinski definition) is 8. The van der Waals surface area contributed by atoms with E-state index < -0.39 is 5.97 Å². The largest absolute Gasteiger partial charge is 0.456 e. The molecule has 10 nitrogen and oxygen atoms in total. The van der Waals surface area contributed by atoms with Gasteiger partial charge in [0, 0.05) is 26.5 Å². The van der Waals surface area contributed by atoms with Crippen LogP contribution in [0.15, 0.2) is 47.5 Å². The van der Waals surface area contributed by atoms with E-state index in [2.05, 4.69) is 20.2 Å². The van der Waals surface area contributed by atoms with Gasteiger partial charge in [0.1, 0.15) is 6.54 Å². The Balaban J connectivity index is 1.57. The van der Waals surface area contributed by atoms with Gasteiger partial charge in [-0.1, -0.05) is 12.1 Å². The molecule has 0 aliphatic carbocycles. The van der Waals surface area contributed by atoms with Crippen molar-refractivity contribution in [1.82, 2.24) is 29.1 Å². The van der Waals surface area contributed by atoms with E-state index in [-0.39, 0.29) is 18.7 Å². The SMILES string of the molecule is CN(CC(=O)OCc1nnc2n(C)c(=O)c3ccccc3n12)c1ncccn1. The molecule has 0 unspecified atom stereocenters. The van der Waals surface area contributed by atoms with Crippen LogP contribution in [0.3, 0.4) is 0 Å². The van der Waals surface area contributed by atoms with Gasteiger partial charge in [-0.05, 0) is 18.2 Å². The summed E-state index contributed by atoms with van der Waals surface area (Å²) in [6.45, 7) is -0.0916. The first-order valence-corrected chi connectivity index (χ1v) is 8.52. The Kier molecular flexibility index (Phi) is 4.44. The highest BCUT2D eigenvalue weighted by molar-refractivity contribution is 5.80. The Morgan fingerprint density at radius 3 is 2.68 bits per heavy atom. The maximum Gasteiger partial charge on any atom is 0.326 e. The van der Waals surface area contributed by atoms with Crippen LogP contribution in [0.1, 0.15) is 5.82 Å². The molecule has 0 aliphatic heterocycles. The fourth-order valence-corrected chi connectivity index (χ4v) is 2.93. The van der Waals surface area contributed by atoms with Crippen molar-refractivity contribution in [3.8, 4) is 0 Å². The second kappa shape index (κ2) is 7.06. The number of aromatic nitrogens is 6. The van der Waals surface area contributed by atoms with Crippen LogP contribution in [0.25, 0.3) is 16.7 Å². The van der Waals surface area contributed by atoms with Gasteiger partial charge in [0.25, 0.3) is 5.56 Å². The Labute approximate surface area is 159 Å². The first kappa shape index (κ1) is 17.6. The van der Waals surface area contributed by atoms with Gasteiger partial charge >= 0.3 is 5.97 Å². The van der Waals surface area contributed by atoms with Crippen molar-refractivity contribution in [2.75, 3.05) is 18.5 Å². The van der Waals surface area contributed by atoms with Crippen LogP contribution in [0.2, 0.25) is 0 Å². The molecule has 0 amide bonds. The van der Waals surface area contributed by atoms with E-state index in [1.807, 2.05) is 6.07 Å². The van der Waals surface area contributed by atoms with Crippen molar-refractivity contribution < 1.29 is 9.53 Å². The summed E-state index contributed by atoms with van der Waals surface area (Å²) in [7, 11) is 3.33. The summed E-state index contributed by atoms with van der Waals surface area (Å²) in [6.07, 6.45) is 3.20. The molecule has 0 saturated carbocycles. The molecule has 0 aliphatic rings. The molecule has 0 spiro atoms. The lowest BCUT2D eigenvalue weighted by molar-refractivity contribution is -0.143. The van der Waals surface area contributed by atoms with Crippen molar-refractivity contribution >= 4 is 28.6 Å². The standard InChI is InChI=1S/C18H17N7O3/c1-23(17-19-8-5-9-20-17)10-15(26)28-11-14-21-22-18-24(2)16(27)12-6-3-4-7-13(12)25(14)18/h3-9H,10-11H2,1-2H3. The van der Waals surface area contributed by atoms with Gasteiger partial charge < -0.3 is 9.64 Å². The highest BCUT2D eigenvalue weighted by Crippen LogP contribution is 2.14. The Bertz CT molecular complexity index is 1220. The minimum Gasteiger partial charge on any atom is -0.456 e. The number of aryl methyl sites for hydroxylation is 1. The number of rotatable bonds is 5. The van der Waals surface area contributed by atoms with E-state index in [9.17, 15) is 9.59 Å². The average Bonchev–Trinajstić information content (AvgIpc) is 3.15. The number of anilines is 1. The molecule has 10 heteroatoms. The average molecular weight is 379 g/mol. The molecule has 3 heterocycles. The Morgan fingerprint density at radius 1 is 1.14 bits per heavy atom. The number of nitrogens with zero attached hydrogens (tertiary/aromatic N) is 7. The van der Waals surface area contributed by atoms with Crippen LogP contribution in [0.5, 0.6) is 0 Å². The summed E-state index contributed by atoms with van der Waals surface area (Å²) in [5, 5.41) is 8.70. The maximum atomic E-state index is 12.5. The summed E-state index contributed by atoms with van der Waals surface area (Å²) in [5.41, 5.74) is 0.495. The molecule has 0 N–H and O–H groups in total. The molecule has 4 rings (SSSR count). The third-order valence-corrected chi connectivity index (χ3v) is 4.32. The predicted octanol–water partition coefficient (Wildman–Crippen LogP) is 0.551. The van der Waals surface area contributed by atoms with E-state index in [0.29, 0.717) is 28.5 Å². The molecule has 3 aromatic heterocycles. The second-order valence-corrected chi connectivity index (χ2v) is 6.20. The summed E-state index contributed by atoms with van der Waals surface area (Å²) >= 11 is 0. The van der Waals surface area contributed by atoms with Crippen molar-refractivity contribution in [1.29, 1.82) is 0 Å². The summed E-state index contributed by atoms with van der Waals surface area (Å²) in [6, 6.07) is 8.86. The third kappa shape index (κ3) is 3.04. The van der Waals surface area contributed by atoms with E-state index in [4.69, 9.17) is 4.74 Å². The van der Waals surface area contributed by atoms with Gasteiger partial charge in [0.2, 0.25) is 11.7 Å². The van der Waals surface area contributed by atoms with E-state index >= 15 is 0 Å². The molecule has 28 heavy (non-hydrogen) atoms. The van der Waals surface area contributed by atoms with Crippen LogP contribution in [0, 0.1) is 0 Å². The topological polar surface area (TPSA) is 108 Å². The number of likely N-dealkylation sites (N-methyl/N-ethyl adjacent to an activating group) is 1. The van der Waals surface area contributed by atoms with Crippen LogP contribution in [-0.4, -0.2) is 48.7 Å². The number of ether oxygens (including phenoxy) is 1. The fourth-order valence-electron chi connectivity index (χ4n) is 2.93. The molecule has 142 valence electrons. The van der Waals surface area contributed by atoms with Crippen LogP contribution >= 0.6 is 0 Å². The zero-order chi connectivity index (χ0) is 19.7. The van der Waals surface area contributed by atoms with Crippen LogP contribution in [0.4, 0.5) is 5.95 Å². The van der Waals surface area contributed by atoms with Crippen LogP contribution < -0.4 is 10.5 Å². The Morgan fingerprint density at radius 2 is 1.89 bits per heavy atom. The second-order valence-electron chi connectivity index (χ2n) is 6.20. The number of esters is 1. The lowest BCUT2D eigenvalue weighted by Crippen LogP contribution is -2.28. The molecule has 1 aromatic carbocycles. The number of carbonyl (C=O) groups is 1. The summed E-state index contributed by atoms with van der Waals surface area (Å²) in [5.74, 6) is 0.771. The van der Waals surface area contributed by atoms with Gasteiger partial charge in [-0.15, -0.1) is 10.2 Å². The zero-order valence-corrected chi connectivity index (χ0v) is 15.3. The molecule has 0 saturated heterocycles. The fraction of sp³-hybridized carbons (Fsp3) is 0.222. The third-order valence-electron chi connectivity index (χ3n) is 4.32. The molecule has 0 atom stereocenters. The Hall–Kier alpha value is -3.82. The smallest absolute Gasteiger partial charge is 0.326 e. The normalized spacial score (nSPS) is 11.1. The summed E-state index contributed by atoms with van der Waals surface area (Å²) in [4.78, 5) is 34.4.